The van der Waals surface area contributed by atoms with Gasteiger partial charge in [0, 0.05) is 9.26 Å². The van der Waals surface area contributed by atoms with Gasteiger partial charge in [0.05, 0.1) is 12.0 Å². The number of ether oxygens (including phenoxy) is 1. The molecule has 1 aliphatic rings. The molecule has 6 nitrogen and oxygen atoms in total. The number of halogens is 1. The predicted molar refractivity (Wildman–Crippen MR) is 113 cm³/mol. The number of imide groups is 1. The highest BCUT2D eigenvalue weighted by Gasteiger charge is 2.36. The number of thioether (sulfide) groups is 1. The Morgan fingerprint density at radius 1 is 1.22 bits per heavy atom. The van der Waals surface area contributed by atoms with E-state index in [4.69, 9.17) is 4.74 Å². The van der Waals surface area contributed by atoms with E-state index in [-0.39, 0.29) is 11.4 Å². The van der Waals surface area contributed by atoms with Crippen molar-refractivity contribution >= 4 is 63.2 Å². The molecule has 2 aromatic rings. The molecule has 3 amide bonds. The van der Waals surface area contributed by atoms with Crippen LogP contribution in [-0.4, -0.2) is 35.6 Å². The molecular weight excluding hydrogens is 479 g/mol. The van der Waals surface area contributed by atoms with E-state index in [0.717, 1.165) is 25.8 Å². The molecule has 1 saturated heterocycles. The van der Waals surface area contributed by atoms with Crippen molar-refractivity contribution in [1.29, 1.82) is 0 Å². The number of amides is 3. The fourth-order valence-electron chi connectivity index (χ4n) is 2.40. The third-order valence-corrected chi connectivity index (χ3v) is 5.32. The zero-order chi connectivity index (χ0) is 19.4. The van der Waals surface area contributed by atoms with Crippen molar-refractivity contribution in [3.8, 4) is 5.75 Å². The monoisotopic (exact) mass is 494 g/mol. The minimum absolute atomic E-state index is 0.273. The van der Waals surface area contributed by atoms with Gasteiger partial charge in [-0.3, -0.25) is 19.3 Å². The molecule has 138 valence electrons. The lowest BCUT2D eigenvalue weighted by Crippen LogP contribution is -2.36. The van der Waals surface area contributed by atoms with Crippen LogP contribution in [0, 0.1) is 3.57 Å². The summed E-state index contributed by atoms with van der Waals surface area (Å²) in [5.74, 6) is -0.258. The standard InChI is InChI=1S/C19H15IN2O4S/c1-26-15-4-2-3-12(9-15)10-16-18(24)22(19(25)27-16)11-17(23)21-14-7-5-13(20)6-8-14/h2-10H,11H2,1H3,(H,21,23)/b16-10+. The van der Waals surface area contributed by atoms with Crippen LogP contribution in [0.1, 0.15) is 5.56 Å². The molecule has 27 heavy (non-hydrogen) atoms. The molecule has 0 unspecified atom stereocenters. The van der Waals surface area contributed by atoms with Crippen LogP contribution in [0.4, 0.5) is 10.5 Å². The average Bonchev–Trinajstić information content (AvgIpc) is 2.91. The first-order valence-electron chi connectivity index (χ1n) is 7.91. The molecule has 1 N–H and O–H groups in total. The largest absolute Gasteiger partial charge is 0.497 e. The second-order valence-corrected chi connectivity index (χ2v) is 7.84. The Bertz CT molecular complexity index is 928. The van der Waals surface area contributed by atoms with E-state index in [0.29, 0.717) is 11.4 Å². The van der Waals surface area contributed by atoms with Gasteiger partial charge in [0.25, 0.3) is 11.1 Å². The number of hydrogen-bond donors (Lipinski definition) is 1. The van der Waals surface area contributed by atoms with Crippen LogP contribution in [0.15, 0.2) is 53.4 Å². The summed E-state index contributed by atoms with van der Waals surface area (Å²) in [6.45, 7) is -0.327. The predicted octanol–water partition coefficient (Wildman–Crippen LogP) is 3.97. The summed E-state index contributed by atoms with van der Waals surface area (Å²) < 4.78 is 6.19. The summed E-state index contributed by atoms with van der Waals surface area (Å²) >= 11 is 2.98. The normalized spacial score (nSPS) is 15.3. The Morgan fingerprint density at radius 2 is 1.96 bits per heavy atom. The first kappa shape index (κ1) is 19.4. The topological polar surface area (TPSA) is 75.7 Å². The van der Waals surface area contributed by atoms with Crippen LogP contribution in [0.5, 0.6) is 5.75 Å². The number of nitrogens with zero attached hydrogens (tertiary/aromatic N) is 1. The lowest BCUT2D eigenvalue weighted by atomic mass is 10.2. The minimum Gasteiger partial charge on any atom is -0.497 e. The molecule has 1 heterocycles. The lowest BCUT2D eigenvalue weighted by Gasteiger charge is -2.12. The van der Waals surface area contributed by atoms with E-state index in [1.165, 1.54) is 0 Å². The molecular formula is C19H15IN2O4S. The van der Waals surface area contributed by atoms with Crippen molar-refractivity contribution in [1.82, 2.24) is 4.90 Å². The highest BCUT2D eigenvalue weighted by Crippen LogP contribution is 2.32. The molecule has 3 rings (SSSR count). The van der Waals surface area contributed by atoms with Crippen LogP contribution in [0.25, 0.3) is 6.08 Å². The maximum Gasteiger partial charge on any atom is 0.294 e. The van der Waals surface area contributed by atoms with Gasteiger partial charge in [0.1, 0.15) is 12.3 Å². The van der Waals surface area contributed by atoms with Gasteiger partial charge in [0.2, 0.25) is 5.91 Å². The fourth-order valence-corrected chi connectivity index (χ4v) is 3.59. The Balaban J connectivity index is 1.69. The maximum absolute atomic E-state index is 12.5. The second-order valence-electron chi connectivity index (χ2n) is 5.60. The third-order valence-electron chi connectivity index (χ3n) is 3.69. The molecule has 2 aromatic carbocycles. The van der Waals surface area contributed by atoms with E-state index in [9.17, 15) is 14.4 Å². The third kappa shape index (κ3) is 4.89. The van der Waals surface area contributed by atoms with Gasteiger partial charge in [-0.2, -0.15) is 0 Å². The van der Waals surface area contributed by atoms with Gasteiger partial charge in [-0.25, -0.2) is 0 Å². The minimum atomic E-state index is -0.481. The number of methoxy groups -OCH3 is 1. The highest BCUT2D eigenvalue weighted by atomic mass is 127. The van der Waals surface area contributed by atoms with E-state index in [2.05, 4.69) is 27.9 Å². The molecule has 0 atom stereocenters. The number of carbonyl (C=O) groups excluding carboxylic acids is 3. The Hall–Kier alpha value is -2.33. The lowest BCUT2D eigenvalue weighted by molar-refractivity contribution is -0.127. The van der Waals surface area contributed by atoms with Crippen LogP contribution in [-0.2, 0) is 9.59 Å². The second kappa shape index (κ2) is 8.57. The number of benzene rings is 2. The fraction of sp³-hybridized carbons (Fsp3) is 0.105. The van der Waals surface area contributed by atoms with Gasteiger partial charge < -0.3 is 10.1 Å². The van der Waals surface area contributed by atoms with Crippen LogP contribution < -0.4 is 10.1 Å². The summed E-state index contributed by atoms with van der Waals surface area (Å²) in [6.07, 6.45) is 1.62. The highest BCUT2D eigenvalue weighted by molar-refractivity contribution is 14.1. The summed E-state index contributed by atoms with van der Waals surface area (Å²) in [4.78, 5) is 38.1. The molecule has 0 bridgehead atoms. The van der Waals surface area contributed by atoms with Crippen molar-refractivity contribution in [2.75, 3.05) is 19.0 Å². The summed E-state index contributed by atoms with van der Waals surface area (Å²) in [5.41, 5.74) is 1.35. The molecule has 1 aliphatic heterocycles. The molecule has 1 fully saturated rings. The number of anilines is 1. The van der Waals surface area contributed by atoms with Crippen molar-refractivity contribution in [2.45, 2.75) is 0 Å². The first-order valence-corrected chi connectivity index (χ1v) is 9.80. The van der Waals surface area contributed by atoms with Crippen molar-refractivity contribution < 1.29 is 19.1 Å². The molecule has 0 radical (unpaired) electrons. The summed E-state index contributed by atoms with van der Waals surface area (Å²) in [7, 11) is 1.55. The zero-order valence-electron chi connectivity index (χ0n) is 14.3. The molecule has 8 heteroatoms. The van der Waals surface area contributed by atoms with Gasteiger partial charge in [-0.1, -0.05) is 12.1 Å². The quantitative estimate of drug-likeness (QED) is 0.503. The van der Waals surface area contributed by atoms with E-state index >= 15 is 0 Å². The summed E-state index contributed by atoms with van der Waals surface area (Å²) in [5, 5.41) is 2.22. The Kier molecular flexibility index (Phi) is 6.17. The van der Waals surface area contributed by atoms with Gasteiger partial charge >= 0.3 is 0 Å². The van der Waals surface area contributed by atoms with Crippen molar-refractivity contribution in [3.05, 3.63) is 62.6 Å². The van der Waals surface area contributed by atoms with Crippen LogP contribution >= 0.6 is 34.4 Å². The van der Waals surface area contributed by atoms with Gasteiger partial charge in [0.15, 0.2) is 0 Å². The number of carbonyl (C=O) groups is 3. The molecule has 0 aliphatic carbocycles. The SMILES string of the molecule is COc1cccc(/C=C2/SC(=O)N(CC(=O)Nc3ccc(I)cc3)C2=O)c1. The van der Waals surface area contributed by atoms with E-state index in [1.807, 2.05) is 12.1 Å². The number of nitrogens with one attached hydrogen (secondary N) is 1. The Labute approximate surface area is 174 Å². The molecule has 0 spiro atoms. The zero-order valence-corrected chi connectivity index (χ0v) is 17.2. The Morgan fingerprint density at radius 3 is 2.67 bits per heavy atom. The first-order chi connectivity index (χ1) is 13.0. The van der Waals surface area contributed by atoms with Crippen molar-refractivity contribution in [3.63, 3.8) is 0 Å². The van der Waals surface area contributed by atoms with E-state index < -0.39 is 17.1 Å². The van der Waals surface area contributed by atoms with Gasteiger partial charge in [-0.15, -0.1) is 0 Å². The number of hydrogen-bond acceptors (Lipinski definition) is 5. The van der Waals surface area contributed by atoms with Crippen LogP contribution in [0.2, 0.25) is 0 Å². The smallest absolute Gasteiger partial charge is 0.294 e. The summed E-state index contributed by atoms with van der Waals surface area (Å²) in [6, 6.07) is 14.4. The maximum atomic E-state index is 12.5. The molecule has 0 aromatic heterocycles. The number of rotatable bonds is 5. The van der Waals surface area contributed by atoms with Gasteiger partial charge in [-0.05, 0) is 82.4 Å². The molecule has 0 saturated carbocycles. The average molecular weight is 494 g/mol. The van der Waals surface area contributed by atoms with E-state index in [1.54, 1.807) is 49.6 Å². The van der Waals surface area contributed by atoms with Crippen LogP contribution in [0.3, 0.4) is 0 Å². The van der Waals surface area contributed by atoms with Crippen molar-refractivity contribution in [2.24, 2.45) is 0 Å².